The monoisotopic (exact) mass is 647 g/mol. The van der Waals surface area contributed by atoms with E-state index in [2.05, 4.69) is 44.7 Å². The van der Waals surface area contributed by atoms with Crippen LogP contribution < -0.4 is 14.4 Å². The number of amidine groups is 1. The lowest BCUT2D eigenvalue weighted by atomic mass is 10.00. The van der Waals surface area contributed by atoms with Crippen molar-refractivity contribution in [3.63, 3.8) is 0 Å². The first-order chi connectivity index (χ1) is 22.0. The van der Waals surface area contributed by atoms with Gasteiger partial charge in [-0.05, 0) is 59.5 Å². The molecular formula is C32H28F3N7O3S. The van der Waals surface area contributed by atoms with Crippen LogP contribution in [0.5, 0.6) is 11.5 Å². The highest BCUT2D eigenvalue weighted by Gasteiger charge is 2.31. The Morgan fingerprint density at radius 1 is 1.09 bits per heavy atom. The number of rotatable bonds is 8. The summed E-state index contributed by atoms with van der Waals surface area (Å²) in [5.74, 6) is 0.969. The lowest BCUT2D eigenvalue weighted by molar-refractivity contribution is -0.274. The first-order valence-electron chi connectivity index (χ1n) is 14.1. The van der Waals surface area contributed by atoms with Gasteiger partial charge in [0.25, 0.3) is 0 Å². The largest absolute Gasteiger partial charge is 0.573 e. The van der Waals surface area contributed by atoms with Gasteiger partial charge in [0.1, 0.15) is 23.7 Å². The number of nitriles is 1. The third kappa shape index (κ3) is 7.73. The molecule has 0 radical (unpaired) electrons. The molecule has 4 aromatic rings. The smallest absolute Gasteiger partial charge is 0.497 e. The summed E-state index contributed by atoms with van der Waals surface area (Å²) in [5, 5.41) is 14.7. The maximum Gasteiger partial charge on any atom is 0.573 e. The van der Waals surface area contributed by atoms with Crippen LogP contribution in [0.4, 0.5) is 23.7 Å². The van der Waals surface area contributed by atoms with E-state index in [-0.39, 0.29) is 11.7 Å². The number of aliphatic imine (C=N–C) groups is 2. The number of hydrogen-bond donors (Lipinski definition) is 0. The van der Waals surface area contributed by atoms with E-state index in [1.54, 1.807) is 31.4 Å². The highest BCUT2D eigenvalue weighted by atomic mass is 32.2. The van der Waals surface area contributed by atoms with Crippen molar-refractivity contribution >= 4 is 34.9 Å². The van der Waals surface area contributed by atoms with Crippen molar-refractivity contribution < 1.29 is 27.4 Å². The molecule has 1 atom stereocenters. The number of thioether (sulfide) groups is 1. The van der Waals surface area contributed by atoms with E-state index in [1.807, 2.05) is 23.1 Å². The van der Waals surface area contributed by atoms with Crippen molar-refractivity contribution in [1.29, 1.82) is 5.26 Å². The highest BCUT2D eigenvalue weighted by molar-refractivity contribution is 8.14. The number of halogens is 3. The van der Waals surface area contributed by atoms with Gasteiger partial charge in [0.2, 0.25) is 0 Å². The van der Waals surface area contributed by atoms with Crippen molar-refractivity contribution in [2.75, 3.05) is 24.3 Å². The van der Waals surface area contributed by atoms with Gasteiger partial charge in [-0.3, -0.25) is 0 Å². The number of alkyl halides is 3. The summed E-state index contributed by atoms with van der Waals surface area (Å²) in [5.41, 5.74) is 3.77. The van der Waals surface area contributed by atoms with Crippen molar-refractivity contribution in [3.05, 3.63) is 84.2 Å². The van der Waals surface area contributed by atoms with E-state index in [0.717, 1.165) is 22.8 Å². The van der Waals surface area contributed by atoms with E-state index < -0.39 is 18.3 Å². The minimum Gasteiger partial charge on any atom is -0.497 e. The Balaban J connectivity index is 1.26. The van der Waals surface area contributed by atoms with Crippen LogP contribution in [0.2, 0.25) is 0 Å². The third-order valence-corrected chi connectivity index (χ3v) is 7.90. The SMILES string of the molecule is COc1ccc(N2CCSC2=NC(=O)N=CC(C#N)c2ccc(-c3ncn(-c4ccc(OC(F)(F)F)cc4)n3)cc2)c(C(C)C)c1. The second-order valence-corrected chi connectivity index (χ2v) is 11.4. The molecule has 236 valence electrons. The number of urea groups is 1. The molecule has 46 heavy (non-hydrogen) atoms. The molecule has 2 heterocycles. The number of nitrogens with zero attached hydrogens (tertiary/aromatic N) is 7. The van der Waals surface area contributed by atoms with E-state index >= 15 is 0 Å². The standard InChI is InChI=1S/C32H28F3N7O3S/c1-20(2)27-16-26(44-3)12-13-28(27)41-14-15-46-31(41)39-30(43)37-18-23(17-36)21-4-6-22(7-5-21)29-38-19-42(40-29)24-8-10-25(11-9-24)45-32(33,34)35/h4-13,16,18-20,23H,14-15H2,1-3H3. The Morgan fingerprint density at radius 3 is 2.46 bits per heavy atom. The summed E-state index contributed by atoms with van der Waals surface area (Å²) in [6, 6.07) is 19.4. The molecule has 1 aromatic heterocycles. The summed E-state index contributed by atoms with van der Waals surface area (Å²) >= 11 is 1.47. The van der Waals surface area contributed by atoms with Gasteiger partial charge in [0.15, 0.2) is 11.0 Å². The summed E-state index contributed by atoms with van der Waals surface area (Å²) in [6.07, 6.45) is -2.07. The van der Waals surface area contributed by atoms with Gasteiger partial charge in [-0.2, -0.15) is 10.3 Å². The lowest BCUT2D eigenvalue weighted by Crippen LogP contribution is -2.25. The quantitative estimate of drug-likeness (QED) is 0.182. The second-order valence-electron chi connectivity index (χ2n) is 10.3. The van der Waals surface area contributed by atoms with Gasteiger partial charge < -0.3 is 14.4 Å². The van der Waals surface area contributed by atoms with E-state index in [0.29, 0.717) is 34.4 Å². The van der Waals surface area contributed by atoms with Crippen LogP contribution in [-0.2, 0) is 0 Å². The number of carbonyl (C=O) groups excluding carboxylic acids is 1. The zero-order chi connectivity index (χ0) is 32.8. The van der Waals surface area contributed by atoms with Crippen molar-refractivity contribution in [3.8, 4) is 34.6 Å². The molecule has 2 amide bonds. The molecule has 0 spiro atoms. The van der Waals surface area contributed by atoms with E-state index in [9.17, 15) is 23.2 Å². The zero-order valence-electron chi connectivity index (χ0n) is 25.0. The van der Waals surface area contributed by atoms with Crippen LogP contribution in [0, 0.1) is 11.3 Å². The minimum atomic E-state index is -4.78. The number of benzene rings is 3. The molecule has 1 unspecified atom stereocenters. The fourth-order valence-electron chi connectivity index (χ4n) is 4.69. The first-order valence-corrected chi connectivity index (χ1v) is 15.1. The maximum atomic E-state index is 12.8. The maximum absolute atomic E-state index is 12.8. The van der Waals surface area contributed by atoms with Crippen LogP contribution in [0.3, 0.4) is 0 Å². The van der Waals surface area contributed by atoms with E-state index in [1.165, 1.54) is 53.3 Å². The van der Waals surface area contributed by atoms with Crippen LogP contribution in [0.15, 0.2) is 83.0 Å². The van der Waals surface area contributed by atoms with Gasteiger partial charge >= 0.3 is 12.4 Å². The molecule has 0 bridgehead atoms. The Labute approximate surface area is 267 Å². The van der Waals surface area contributed by atoms with E-state index in [4.69, 9.17) is 4.74 Å². The second kappa shape index (κ2) is 13.9. The number of methoxy groups -OCH3 is 1. The summed E-state index contributed by atoms with van der Waals surface area (Å²) in [6.45, 7) is 4.87. The van der Waals surface area contributed by atoms with Crippen molar-refractivity contribution in [2.45, 2.75) is 32.0 Å². The topological polar surface area (TPSA) is 118 Å². The fourth-order valence-corrected chi connectivity index (χ4v) is 5.63. The molecule has 1 saturated heterocycles. The van der Waals surface area contributed by atoms with Crippen molar-refractivity contribution in [2.24, 2.45) is 9.98 Å². The number of amides is 2. The van der Waals surface area contributed by atoms with Gasteiger partial charge in [-0.25, -0.2) is 19.5 Å². The molecule has 14 heteroatoms. The molecule has 1 aliphatic heterocycles. The Kier molecular flexibility index (Phi) is 9.72. The fraction of sp³-hybridized carbons (Fsp3) is 0.250. The van der Waals surface area contributed by atoms with Crippen LogP contribution in [0.25, 0.3) is 17.1 Å². The number of anilines is 1. The summed E-state index contributed by atoms with van der Waals surface area (Å²) < 4.78 is 48.0. The Morgan fingerprint density at radius 2 is 1.80 bits per heavy atom. The molecular weight excluding hydrogens is 619 g/mol. The van der Waals surface area contributed by atoms with Crippen molar-refractivity contribution in [1.82, 2.24) is 14.8 Å². The first kappa shape index (κ1) is 32.2. The highest BCUT2D eigenvalue weighted by Crippen LogP contribution is 2.35. The summed E-state index contributed by atoms with van der Waals surface area (Å²) in [4.78, 5) is 27.2. The lowest BCUT2D eigenvalue weighted by Gasteiger charge is -2.23. The number of aromatic nitrogens is 3. The molecule has 1 aliphatic rings. The number of ether oxygens (including phenoxy) is 2. The number of hydrogen-bond acceptors (Lipinski definition) is 7. The minimum absolute atomic E-state index is 0.224. The molecule has 0 saturated carbocycles. The molecule has 5 rings (SSSR count). The molecule has 1 fully saturated rings. The Bertz CT molecular complexity index is 1800. The molecule has 10 nitrogen and oxygen atoms in total. The van der Waals surface area contributed by atoms with Crippen LogP contribution >= 0.6 is 11.8 Å². The predicted octanol–water partition coefficient (Wildman–Crippen LogP) is 7.37. The summed E-state index contributed by atoms with van der Waals surface area (Å²) in [7, 11) is 1.62. The van der Waals surface area contributed by atoms with Crippen LogP contribution in [-0.4, -0.2) is 57.9 Å². The van der Waals surface area contributed by atoms with Crippen LogP contribution in [0.1, 0.15) is 36.8 Å². The van der Waals surface area contributed by atoms with Gasteiger partial charge in [0, 0.05) is 29.8 Å². The Hall–Kier alpha value is -5.16. The predicted molar refractivity (Wildman–Crippen MR) is 170 cm³/mol. The zero-order valence-corrected chi connectivity index (χ0v) is 25.8. The van der Waals surface area contributed by atoms with Gasteiger partial charge in [0.05, 0.1) is 18.9 Å². The normalized spacial score (nSPS) is 15.0. The average molecular weight is 648 g/mol. The molecule has 0 N–H and O–H groups in total. The molecule has 3 aromatic carbocycles. The molecule has 0 aliphatic carbocycles. The van der Waals surface area contributed by atoms with Gasteiger partial charge in [-0.1, -0.05) is 49.9 Å². The third-order valence-electron chi connectivity index (χ3n) is 6.94. The van der Waals surface area contributed by atoms with Gasteiger partial charge in [-0.15, -0.1) is 18.3 Å². The number of carbonyl (C=O) groups is 1. The average Bonchev–Trinajstić information content (AvgIpc) is 3.71.